The van der Waals surface area contributed by atoms with E-state index in [4.69, 9.17) is 0 Å². The standard InChI is InChI=1S/C16H26N6O2S/c1-16(2,3)15-19-18-14-9-8-13(20-22(14)15)17-10-11-6-5-7-12(11)21-25(4,23)24/h8-9,11-12,21H,5-7,10H2,1-4H3,(H,17,20). The Morgan fingerprint density at radius 1 is 1.24 bits per heavy atom. The summed E-state index contributed by atoms with van der Waals surface area (Å²) in [6.07, 6.45) is 4.13. The molecular formula is C16H26N6O2S. The number of nitrogens with zero attached hydrogens (tertiary/aromatic N) is 4. The molecule has 0 radical (unpaired) electrons. The van der Waals surface area contributed by atoms with Crippen molar-refractivity contribution < 1.29 is 8.42 Å². The Morgan fingerprint density at radius 3 is 2.68 bits per heavy atom. The van der Waals surface area contributed by atoms with Crippen LogP contribution in [-0.4, -0.2) is 47.1 Å². The van der Waals surface area contributed by atoms with E-state index >= 15 is 0 Å². The fourth-order valence-corrected chi connectivity index (χ4v) is 4.16. The highest BCUT2D eigenvalue weighted by Crippen LogP contribution is 2.26. The first-order valence-electron chi connectivity index (χ1n) is 8.57. The SMILES string of the molecule is CC(C)(C)c1nnc2ccc(NCC3CCCC3NS(C)(=O)=O)nn12. The van der Waals surface area contributed by atoms with E-state index in [1.807, 2.05) is 12.1 Å². The van der Waals surface area contributed by atoms with Crippen LogP contribution in [0.5, 0.6) is 0 Å². The lowest BCUT2D eigenvalue weighted by Crippen LogP contribution is -2.39. The second-order valence-corrected chi connectivity index (χ2v) is 9.61. The summed E-state index contributed by atoms with van der Waals surface area (Å²) in [5, 5.41) is 16.4. The molecule has 3 rings (SSSR count). The van der Waals surface area contributed by atoms with Crippen molar-refractivity contribution in [1.82, 2.24) is 24.5 Å². The molecular weight excluding hydrogens is 340 g/mol. The molecule has 0 bridgehead atoms. The van der Waals surface area contributed by atoms with Crippen LogP contribution in [-0.2, 0) is 15.4 Å². The number of aromatic nitrogens is 4. The van der Waals surface area contributed by atoms with Crippen molar-refractivity contribution >= 4 is 21.5 Å². The lowest BCUT2D eigenvalue weighted by Gasteiger charge is -2.20. The maximum atomic E-state index is 11.5. The highest BCUT2D eigenvalue weighted by Gasteiger charge is 2.29. The first-order valence-corrected chi connectivity index (χ1v) is 10.5. The van der Waals surface area contributed by atoms with Gasteiger partial charge in [0.1, 0.15) is 5.82 Å². The molecule has 9 heteroatoms. The maximum Gasteiger partial charge on any atom is 0.208 e. The monoisotopic (exact) mass is 366 g/mol. The van der Waals surface area contributed by atoms with E-state index in [1.54, 1.807) is 4.52 Å². The molecule has 2 atom stereocenters. The minimum absolute atomic E-state index is 0.00808. The predicted molar refractivity (Wildman–Crippen MR) is 97.1 cm³/mol. The second kappa shape index (κ2) is 6.53. The van der Waals surface area contributed by atoms with Gasteiger partial charge in [-0.15, -0.1) is 15.3 Å². The summed E-state index contributed by atoms with van der Waals surface area (Å²) in [6, 6.07) is 3.76. The van der Waals surface area contributed by atoms with Crippen molar-refractivity contribution in [3.63, 3.8) is 0 Å². The molecule has 8 nitrogen and oxygen atoms in total. The number of anilines is 1. The smallest absolute Gasteiger partial charge is 0.208 e. The number of rotatable bonds is 5. The van der Waals surface area contributed by atoms with Crippen LogP contribution in [0.4, 0.5) is 5.82 Å². The fraction of sp³-hybridized carbons (Fsp3) is 0.688. The Labute approximate surface area is 148 Å². The van der Waals surface area contributed by atoms with E-state index in [2.05, 4.69) is 46.1 Å². The van der Waals surface area contributed by atoms with Gasteiger partial charge in [0, 0.05) is 18.0 Å². The number of fused-ring (bicyclic) bond motifs is 1. The Hall–Kier alpha value is -1.74. The van der Waals surface area contributed by atoms with Crippen molar-refractivity contribution in [2.75, 3.05) is 18.1 Å². The molecule has 0 spiro atoms. The molecule has 2 N–H and O–H groups in total. The third-order valence-corrected chi connectivity index (χ3v) is 5.23. The van der Waals surface area contributed by atoms with Gasteiger partial charge in [0.05, 0.1) is 6.26 Å². The molecule has 138 valence electrons. The van der Waals surface area contributed by atoms with E-state index in [1.165, 1.54) is 6.26 Å². The van der Waals surface area contributed by atoms with Gasteiger partial charge in [0.2, 0.25) is 10.0 Å². The molecule has 2 unspecified atom stereocenters. The molecule has 2 aromatic heterocycles. The van der Waals surface area contributed by atoms with Crippen molar-refractivity contribution in [1.29, 1.82) is 0 Å². The Balaban J connectivity index is 1.73. The molecule has 0 aliphatic heterocycles. The van der Waals surface area contributed by atoms with Crippen LogP contribution < -0.4 is 10.0 Å². The highest BCUT2D eigenvalue weighted by atomic mass is 32.2. The number of nitrogens with one attached hydrogen (secondary N) is 2. The predicted octanol–water partition coefficient (Wildman–Crippen LogP) is 1.55. The largest absolute Gasteiger partial charge is 0.368 e. The normalized spacial score (nSPS) is 21.8. The second-order valence-electron chi connectivity index (χ2n) is 7.83. The number of hydrogen-bond donors (Lipinski definition) is 2. The van der Waals surface area contributed by atoms with Crippen molar-refractivity contribution in [3.8, 4) is 0 Å². The van der Waals surface area contributed by atoms with Gasteiger partial charge in [0.25, 0.3) is 0 Å². The van der Waals surface area contributed by atoms with Gasteiger partial charge in [-0.25, -0.2) is 13.1 Å². The molecule has 0 amide bonds. The van der Waals surface area contributed by atoms with Crippen LogP contribution >= 0.6 is 0 Å². The van der Waals surface area contributed by atoms with Crippen molar-refractivity contribution in [2.45, 2.75) is 51.5 Å². The summed E-state index contributed by atoms with van der Waals surface area (Å²) in [5.41, 5.74) is 0.564. The first kappa shape index (κ1) is 18.1. The average molecular weight is 366 g/mol. The lowest BCUT2D eigenvalue weighted by molar-refractivity contribution is 0.463. The minimum atomic E-state index is -3.18. The highest BCUT2D eigenvalue weighted by molar-refractivity contribution is 7.88. The summed E-state index contributed by atoms with van der Waals surface area (Å²) in [7, 11) is -3.18. The van der Waals surface area contributed by atoms with Crippen LogP contribution in [0.15, 0.2) is 12.1 Å². The molecule has 2 heterocycles. The Kier molecular flexibility index (Phi) is 4.72. The van der Waals surface area contributed by atoms with E-state index in [-0.39, 0.29) is 17.4 Å². The van der Waals surface area contributed by atoms with E-state index in [9.17, 15) is 8.42 Å². The van der Waals surface area contributed by atoms with Gasteiger partial charge in [-0.3, -0.25) is 0 Å². The van der Waals surface area contributed by atoms with Gasteiger partial charge in [-0.1, -0.05) is 27.2 Å². The quantitative estimate of drug-likeness (QED) is 0.833. The van der Waals surface area contributed by atoms with Crippen LogP contribution in [0.3, 0.4) is 0 Å². The maximum absolute atomic E-state index is 11.5. The summed E-state index contributed by atoms with van der Waals surface area (Å²) < 4.78 is 27.5. The van der Waals surface area contributed by atoms with E-state index < -0.39 is 10.0 Å². The topological polar surface area (TPSA) is 101 Å². The number of hydrogen-bond acceptors (Lipinski definition) is 6. The summed E-state index contributed by atoms with van der Waals surface area (Å²) in [4.78, 5) is 0. The van der Waals surface area contributed by atoms with Crippen molar-refractivity contribution in [2.24, 2.45) is 5.92 Å². The van der Waals surface area contributed by atoms with E-state index in [0.29, 0.717) is 12.2 Å². The van der Waals surface area contributed by atoms with Crippen LogP contribution in [0.1, 0.15) is 45.9 Å². The van der Waals surface area contributed by atoms with Gasteiger partial charge in [-0.2, -0.15) is 4.52 Å². The minimum Gasteiger partial charge on any atom is -0.368 e. The van der Waals surface area contributed by atoms with E-state index in [0.717, 1.165) is 30.9 Å². The summed E-state index contributed by atoms with van der Waals surface area (Å²) in [6.45, 7) is 6.90. The number of sulfonamides is 1. The Morgan fingerprint density at radius 2 is 2.00 bits per heavy atom. The summed E-state index contributed by atoms with van der Waals surface area (Å²) >= 11 is 0. The van der Waals surface area contributed by atoms with Gasteiger partial charge < -0.3 is 5.32 Å². The lowest BCUT2D eigenvalue weighted by atomic mass is 9.96. The third-order valence-electron chi connectivity index (χ3n) is 4.50. The van der Waals surface area contributed by atoms with Crippen LogP contribution in [0, 0.1) is 5.92 Å². The van der Waals surface area contributed by atoms with Crippen LogP contribution in [0.25, 0.3) is 5.65 Å². The first-order chi connectivity index (χ1) is 11.6. The zero-order chi connectivity index (χ0) is 18.2. The van der Waals surface area contributed by atoms with Gasteiger partial charge in [0.15, 0.2) is 11.5 Å². The molecule has 25 heavy (non-hydrogen) atoms. The molecule has 1 fully saturated rings. The average Bonchev–Trinajstić information content (AvgIpc) is 3.08. The molecule has 1 aliphatic rings. The Bertz CT molecular complexity index is 855. The summed E-state index contributed by atoms with van der Waals surface area (Å²) in [5.74, 6) is 1.81. The molecule has 1 saturated carbocycles. The van der Waals surface area contributed by atoms with Crippen molar-refractivity contribution in [3.05, 3.63) is 18.0 Å². The zero-order valence-corrected chi connectivity index (χ0v) is 16.0. The van der Waals surface area contributed by atoms with Gasteiger partial charge in [-0.05, 0) is 30.9 Å². The molecule has 0 aromatic carbocycles. The third kappa shape index (κ3) is 4.27. The molecule has 1 aliphatic carbocycles. The molecule has 2 aromatic rings. The zero-order valence-electron chi connectivity index (χ0n) is 15.2. The molecule has 0 saturated heterocycles. The fourth-order valence-electron chi connectivity index (χ4n) is 3.30. The van der Waals surface area contributed by atoms with Gasteiger partial charge >= 0.3 is 0 Å². The van der Waals surface area contributed by atoms with Crippen LogP contribution in [0.2, 0.25) is 0 Å².